The Kier molecular flexibility index (Phi) is 70.7. The van der Waals surface area contributed by atoms with Crippen LogP contribution in [0.25, 0.3) is 0 Å². The Morgan fingerprint density at radius 1 is 0.269 bits per heavy atom. The fourth-order valence-corrected chi connectivity index (χ4v) is 10.9. The van der Waals surface area contributed by atoms with Crippen LogP contribution in [-0.4, -0.2) is 96.7 Å². The van der Waals surface area contributed by atoms with Gasteiger partial charge in [0, 0.05) is 25.7 Å². The highest BCUT2D eigenvalue weighted by molar-refractivity contribution is 7.47. The molecular formula is C85H134O17P2. The first kappa shape index (κ1) is 97.9. The molecule has 0 saturated heterocycles. The molecule has 104 heavy (non-hydrogen) atoms. The number of hydrogen-bond donors (Lipinski definition) is 3. The molecule has 0 aliphatic heterocycles. The lowest BCUT2D eigenvalue weighted by molar-refractivity contribution is -0.161. The Bertz CT molecular complexity index is 2740. The molecule has 0 aliphatic carbocycles. The summed E-state index contributed by atoms with van der Waals surface area (Å²) in [6.07, 6.45) is 91.5. The molecule has 0 aromatic carbocycles. The van der Waals surface area contributed by atoms with Crippen LogP contribution in [0, 0.1) is 0 Å². The first-order valence-corrected chi connectivity index (χ1v) is 41.7. The van der Waals surface area contributed by atoms with Crippen molar-refractivity contribution in [1.82, 2.24) is 0 Å². The number of carbonyl (C=O) groups excluding carboxylic acids is 4. The molecule has 0 aliphatic rings. The molecule has 0 aromatic rings. The molecule has 0 aromatic heterocycles. The molecule has 5 unspecified atom stereocenters. The first-order chi connectivity index (χ1) is 50.7. The number of carbonyl (C=O) groups is 4. The fraction of sp³-hybridized carbons (Fsp3) is 0.576. The topological polar surface area (TPSA) is 237 Å². The van der Waals surface area contributed by atoms with Crippen LogP contribution in [0.5, 0.6) is 0 Å². The van der Waals surface area contributed by atoms with Gasteiger partial charge in [0.15, 0.2) is 12.2 Å². The van der Waals surface area contributed by atoms with Gasteiger partial charge in [0.25, 0.3) is 0 Å². The second-order valence-corrected chi connectivity index (χ2v) is 27.7. The van der Waals surface area contributed by atoms with E-state index in [1.165, 1.54) is 0 Å². The van der Waals surface area contributed by atoms with Crippen LogP contribution >= 0.6 is 15.6 Å². The van der Waals surface area contributed by atoms with Gasteiger partial charge >= 0.3 is 39.5 Å². The quantitative estimate of drug-likeness (QED) is 0.0169. The summed E-state index contributed by atoms with van der Waals surface area (Å²) in [7, 11) is -10.0. The predicted octanol–water partition coefficient (Wildman–Crippen LogP) is 22.5. The number of unbranched alkanes of at least 4 members (excludes halogenated alkanes) is 12. The summed E-state index contributed by atoms with van der Waals surface area (Å²) in [6.45, 7) is 4.21. The molecular weight excluding hydrogens is 1350 g/mol. The van der Waals surface area contributed by atoms with Crippen molar-refractivity contribution in [2.24, 2.45) is 0 Å². The zero-order chi connectivity index (χ0) is 76.0. The van der Waals surface area contributed by atoms with Crippen molar-refractivity contribution >= 4 is 39.5 Å². The van der Waals surface area contributed by atoms with Crippen LogP contribution in [-0.2, 0) is 65.4 Å². The summed E-state index contributed by atoms with van der Waals surface area (Å²) in [5.41, 5.74) is 0. The van der Waals surface area contributed by atoms with Crippen LogP contribution in [0.3, 0.4) is 0 Å². The van der Waals surface area contributed by atoms with Gasteiger partial charge in [-0.2, -0.15) is 0 Å². The van der Waals surface area contributed by atoms with E-state index in [1.54, 1.807) is 0 Å². The van der Waals surface area contributed by atoms with Gasteiger partial charge in [0.05, 0.1) is 26.4 Å². The lowest BCUT2D eigenvalue weighted by Crippen LogP contribution is -2.30. The molecule has 0 radical (unpaired) electrons. The van der Waals surface area contributed by atoms with Gasteiger partial charge in [-0.25, -0.2) is 9.13 Å². The van der Waals surface area contributed by atoms with Crippen LogP contribution in [0.15, 0.2) is 194 Å². The lowest BCUT2D eigenvalue weighted by Gasteiger charge is -2.21. The van der Waals surface area contributed by atoms with E-state index in [0.717, 1.165) is 167 Å². The summed E-state index contributed by atoms with van der Waals surface area (Å²) in [6, 6.07) is 0. The van der Waals surface area contributed by atoms with Crippen LogP contribution in [0.2, 0.25) is 0 Å². The van der Waals surface area contributed by atoms with Gasteiger partial charge in [-0.05, 0) is 167 Å². The summed E-state index contributed by atoms with van der Waals surface area (Å²) in [5, 5.41) is 10.6. The van der Waals surface area contributed by atoms with Gasteiger partial charge in [0.2, 0.25) is 0 Å². The Hall–Kier alpha value is -6.10. The van der Waals surface area contributed by atoms with Crippen molar-refractivity contribution in [3.8, 4) is 0 Å². The third kappa shape index (κ3) is 74.2. The van der Waals surface area contributed by atoms with E-state index in [-0.39, 0.29) is 25.7 Å². The Labute approximate surface area is 627 Å². The zero-order valence-electron chi connectivity index (χ0n) is 63.9. The Morgan fingerprint density at radius 3 is 0.769 bits per heavy atom. The highest BCUT2D eigenvalue weighted by Gasteiger charge is 2.30. The molecule has 0 fully saturated rings. The smallest absolute Gasteiger partial charge is 0.462 e. The number of esters is 4. The second kappa shape index (κ2) is 75.1. The van der Waals surface area contributed by atoms with Crippen molar-refractivity contribution < 1.29 is 80.2 Å². The SMILES string of the molecule is CC/C=C\C/C=C\C/C=C\C/C=C\C/C=C\CCCC(=O)OCC(COP(=O)(O)OCC(O)COP(=O)(O)OCC(COC(=O)CCCCCCC/C=C\C/C=C\C/C=C\CC)OC(=O)CCCCCCC/C=C\C/C=C\C/C=C\CC)OC(=O)CCC/C=C\C/C=C\C/C=C\C/C=C\C/C=C\CC. The number of hydrogen-bond acceptors (Lipinski definition) is 15. The number of rotatable bonds is 70. The molecule has 0 rings (SSSR count). The van der Waals surface area contributed by atoms with Crippen molar-refractivity contribution in [2.45, 2.75) is 277 Å². The highest BCUT2D eigenvalue weighted by Crippen LogP contribution is 2.45. The molecule has 0 amide bonds. The second-order valence-electron chi connectivity index (χ2n) is 24.8. The molecule has 19 heteroatoms. The molecule has 0 saturated carbocycles. The number of aliphatic hydroxyl groups excluding tert-OH is 1. The number of allylic oxidation sites excluding steroid dienone is 32. The van der Waals surface area contributed by atoms with Crippen LogP contribution < -0.4 is 0 Å². The Balaban J connectivity index is 5.52. The fourth-order valence-electron chi connectivity index (χ4n) is 9.32. The van der Waals surface area contributed by atoms with Crippen molar-refractivity contribution in [3.05, 3.63) is 194 Å². The van der Waals surface area contributed by atoms with Gasteiger partial charge in [-0.3, -0.25) is 37.3 Å². The van der Waals surface area contributed by atoms with Crippen molar-refractivity contribution in [1.29, 1.82) is 0 Å². The van der Waals surface area contributed by atoms with Gasteiger partial charge in [-0.1, -0.05) is 261 Å². The number of phosphoric acid groups is 2. The van der Waals surface area contributed by atoms with E-state index < -0.39 is 97.5 Å². The molecule has 3 N–H and O–H groups in total. The molecule has 5 atom stereocenters. The van der Waals surface area contributed by atoms with Crippen molar-refractivity contribution in [3.63, 3.8) is 0 Å². The minimum atomic E-state index is -5.02. The minimum Gasteiger partial charge on any atom is -0.462 e. The van der Waals surface area contributed by atoms with Gasteiger partial charge in [-0.15, -0.1) is 0 Å². The third-order valence-electron chi connectivity index (χ3n) is 15.0. The van der Waals surface area contributed by atoms with E-state index in [9.17, 15) is 43.2 Å². The van der Waals surface area contributed by atoms with E-state index in [4.69, 9.17) is 37.0 Å². The maximum Gasteiger partial charge on any atom is 0.472 e. The summed E-state index contributed by atoms with van der Waals surface area (Å²) < 4.78 is 68.4. The normalized spacial score (nSPS) is 15.0. The number of phosphoric ester groups is 2. The van der Waals surface area contributed by atoms with Crippen LogP contribution in [0.1, 0.15) is 259 Å². The molecule has 0 spiro atoms. The third-order valence-corrected chi connectivity index (χ3v) is 16.9. The zero-order valence-corrected chi connectivity index (χ0v) is 65.6. The molecule has 0 bridgehead atoms. The van der Waals surface area contributed by atoms with Crippen molar-refractivity contribution in [2.75, 3.05) is 39.6 Å². The van der Waals surface area contributed by atoms with E-state index >= 15 is 0 Å². The van der Waals surface area contributed by atoms with Gasteiger partial charge < -0.3 is 33.8 Å². The van der Waals surface area contributed by atoms with Crippen LogP contribution in [0.4, 0.5) is 0 Å². The number of aliphatic hydroxyl groups is 1. The van der Waals surface area contributed by atoms with Gasteiger partial charge in [0.1, 0.15) is 19.3 Å². The van der Waals surface area contributed by atoms with E-state index in [2.05, 4.69) is 198 Å². The molecule has 17 nitrogen and oxygen atoms in total. The lowest BCUT2D eigenvalue weighted by atomic mass is 10.1. The summed E-state index contributed by atoms with van der Waals surface area (Å²) >= 11 is 0. The standard InChI is InChI=1S/C85H134O17P2/c1-5-9-13-17-21-25-29-33-37-39-43-46-50-54-58-62-66-70-83(88)96-76-81(102-85(90)72-68-64-60-56-52-48-44-40-38-34-30-26-22-18-14-10-6-2)78-100-104(93,94)98-74-79(86)73-97-103(91,92)99-77-80(101-84(89)71-67-63-59-55-51-47-42-36-32-28-24-20-16-12-8-4)75-95-82(87)69-65-61-57-53-49-45-41-35-31-27-23-19-15-11-7-3/h9-16,21-28,33-38,41-44,46,48,54,56,58,60,79-81,86H,5-8,17-20,29-32,39-40,45,47,49-53,55,57,59,61-78H2,1-4H3,(H,91,92)(H,93,94)/b13-9-,14-10-,15-11-,16-12-,25-21-,26-22-,27-23-,28-24-,37-33-,38-34-,41-35-,42-36-,46-43-,48-44-,58-54-,60-56-. The average Bonchev–Trinajstić information content (AvgIpc) is 0.926. The molecule has 0 heterocycles. The number of ether oxygens (including phenoxy) is 4. The largest absolute Gasteiger partial charge is 0.472 e. The Morgan fingerprint density at radius 2 is 0.481 bits per heavy atom. The average molecular weight is 1490 g/mol. The first-order valence-electron chi connectivity index (χ1n) is 38.7. The highest BCUT2D eigenvalue weighted by atomic mass is 31.2. The summed E-state index contributed by atoms with van der Waals surface area (Å²) in [5.74, 6) is -2.37. The maximum absolute atomic E-state index is 13.1. The predicted molar refractivity (Wildman–Crippen MR) is 426 cm³/mol. The van der Waals surface area contributed by atoms with E-state index in [0.29, 0.717) is 38.5 Å². The van der Waals surface area contributed by atoms with E-state index in [1.807, 2.05) is 24.3 Å². The minimum absolute atomic E-state index is 0.00446. The maximum atomic E-state index is 13.1. The molecule has 586 valence electrons. The monoisotopic (exact) mass is 1490 g/mol. The summed E-state index contributed by atoms with van der Waals surface area (Å²) in [4.78, 5) is 72.9.